The van der Waals surface area contributed by atoms with E-state index in [2.05, 4.69) is 23.4 Å². The third-order valence-electron chi connectivity index (χ3n) is 8.41. The zero-order valence-corrected chi connectivity index (χ0v) is 24.0. The number of imidazole rings is 1. The number of aromatic nitrogens is 3. The molecule has 0 spiro atoms. The third-order valence-corrected chi connectivity index (χ3v) is 9.40. The number of nitrogens with two attached hydrogens (primary N) is 1. The van der Waals surface area contributed by atoms with Crippen LogP contribution in [0.5, 0.6) is 0 Å². The molecule has 2 fully saturated rings. The molecule has 0 bridgehead atoms. The summed E-state index contributed by atoms with van der Waals surface area (Å²) in [6.07, 6.45) is 7.24. The van der Waals surface area contributed by atoms with Crippen LogP contribution in [0.1, 0.15) is 71.9 Å². The van der Waals surface area contributed by atoms with Gasteiger partial charge in [0.2, 0.25) is 11.9 Å². The Hall–Kier alpha value is -3.44. The Labute approximate surface area is 249 Å². The molecular weight excluding hydrogens is 560 g/mol. The molecule has 1 saturated carbocycles. The van der Waals surface area contributed by atoms with Gasteiger partial charge in [0.25, 0.3) is 5.91 Å². The summed E-state index contributed by atoms with van der Waals surface area (Å²) in [4.78, 5) is 39.5. The van der Waals surface area contributed by atoms with Gasteiger partial charge in [-0.15, -0.1) is 11.3 Å². The van der Waals surface area contributed by atoms with Crippen LogP contribution in [-0.4, -0.2) is 50.7 Å². The molecule has 41 heavy (non-hydrogen) atoms. The number of carbonyl (C=O) groups is 2. The Bertz CT molecular complexity index is 1630. The summed E-state index contributed by atoms with van der Waals surface area (Å²) in [7, 11) is 0. The molecule has 7 rings (SSSR count). The first-order chi connectivity index (χ1) is 18.9. The predicted molar refractivity (Wildman–Crippen MR) is 164 cm³/mol. The summed E-state index contributed by atoms with van der Waals surface area (Å²) in [6.45, 7) is 3.84. The van der Waals surface area contributed by atoms with Crippen LogP contribution in [0.4, 0.5) is 10.2 Å². The van der Waals surface area contributed by atoms with Crippen LogP contribution >= 0.6 is 24.8 Å². The number of nitrogens with zero attached hydrogens (tertiary/aromatic N) is 5. The highest BCUT2D eigenvalue weighted by atomic mass is 32.1. The number of rotatable bonds is 5. The van der Waals surface area contributed by atoms with Crippen LogP contribution < -0.4 is 10.6 Å². The lowest BCUT2D eigenvalue weighted by Crippen LogP contribution is -2.38. The lowest BCUT2D eigenvalue weighted by Gasteiger charge is -2.33. The Morgan fingerprint density at radius 3 is 2.59 bits per heavy atom. The molecule has 6 heterocycles. The number of anilines is 1. The van der Waals surface area contributed by atoms with Gasteiger partial charge < -0.3 is 19.9 Å². The predicted octanol–water partition coefficient (Wildman–Crippen LogP) is 5.29. The van der Waals surface area contributed by atoms with Gasteiger partial charge >= 0.3 is 0 Å². The largest absolute Gasteiger partial charge is 0.369 e. The zero-order valence-electron chi connectivity index (χ0n) is 22.1. The zero-order chi connectivity index (χ0) is 26.8. The van der Waals surface area contributed by atoms with Crippen molar-refractivity contribution in [1.82, 2.24) is 19.3 Å². The van der Waals surface area contributed by atoms with Crippen molar-refractivity contribution in [3.05, 3.63) is 69.6 Å². The first-order valence-corrected chi connectivity index (χ1v) is 14.4. The van der Waals surface area contributed by atoms with Crippen molar-refractivity contribution in [1.29, 1.82) is 0 Å². The van der Waals surface area contributed by atoms with Gasteiger partial charge in [-0.2, -0.15) is 17.9 Å². The van der Waals surface area contributed by atoms with Crippen LogP contribution in [0.25, 0.3) is 16.9 Å². The van der Waals surface area contributed by atoms with E-state index >= 15 is 4.39 Å². The molecule has 2 aliphatic heterocycles. The molecule has 3 aliphatic rings. The normalized spacial score (nSPS) is 20.0. The van der Waals surface area contributed by atoms with Crippen LogP contribution in [0.3, 0.4) is 0 Å². The number of pyridine rings is 2. The molecule has 0 aromatic carbocycles. The van der Waals surface area contributed by atoms with E-state index < -0.39 is 5.95 Å². The fourth-order valence-corrected chi connectivity index (χ4v) is 6.97. The summed E-state index contributed by atoms with van der Waals surface area (Å²) in [5, 5.41) is 2.10. The molecule has 0 radical (unpaired) electrons. The molecular formula is C30H35FN6O2S2. The molecule has 4 aromatic heterocycles. The SMILES string of the molecule is C.C[C@@H]1c2ccsc2CCN1C(=O)c1cc(C2CC2)c2nc(-c3ccc(N4CC[C@H](C(N)=O)C4)nc3F)cn2c1.S. The van der Waals surface area contributed by atoms with E-state index in [-0.39, 0.29) is 44.7 Å². The lowest BCUT2D eigenvalue weighted by atomic mass is 10.00. The maximum Gasteiger partial charge on any atom is 0.255 e. The summed E-state index contributed by atoms with van der Waals surface area (Å²) < 4.78 is 17.2. The summed E-state index contributed by atoms with van der Waals surface area (Å²) >= 11 is 1.76. The smallest absolute Gasteiger partial charge is 0.255 e. The molecule has 216 valence electrons. The number of hydrogen-bond acceptors (Lipinski definition) is 6. The van der Waals surface area contributed by atoms with E-state index in [4.69, 9.17) is 10.7 Å². The van der Waals surface area contributed by atoms with Crippen molar-refractivity contribution in [3.63, 3.8) is 0 Å². The van der Waals surface area contributed by atoms with Gasteiger partial charge in [-0.1, -0.05) is 7.43 Å². The minimum absolute atomic E-state index is 0. The van der Waals surface area contributed by atoms with Gasteiger partial charge in [-0.25, -0.2) is 9.97 Å². The standard InChI is InChI=1S/C29H29FN6O2S.CH4.H2S/c1-16-20-8-11-39-24(20)7-10-36(16)29(38)19-12-22(17-2-3-17)28-32-23(15-35(28)14-19)21-4-5-25(33-26(21)30)34-9-6-18(13-34)27(31)37;;/h4-5,8,11-12,14-18H,2-3,6-7,9-10,13H2,1H3,(H2,31,37);1H4;1H2/t16-,18+;;/m1../s1. The Kier molecular flexibility index (Phi) is 7.86. The van der Waals surface area contributed by atoms with Crippen molar-refractivity contribution in [3.8, 4) is 11.3 Å². The summed E-state index contributed by atoms with van der Waals surface area (Å²) in [6, 6.07) is 7.59. The number of carbonyl (C=O) groups excluding carboxylic acids is 2. The average Bonchev–Trinajstić information content (AvgIpc) is 3.31. The van der Waals surface area contributed by atoms with Gasteiger partial charge in [-0.05, 0) is 79.3 Å². The minimum Gasteiger partial charge on any atom is -0.369 e. The quantitative estimate of drug-likeness (QED) is 0.317. The maximum absolute atomic E-state index is 15.3. The molecule has 2 N–H and O–H groups in total. The van der Waals surface area contributed by atoms with E-state index in [9.17, 15) is 9.59 Å². The second kappa shape index (κ2) is 11.1. The third kappa shape index (κ3) is 5.10. The summed E-state index contributed by atoms with van der Waals surface area (Å²) in [5.41, 5.74) is 9.87. The molecule has 11 heteroatoms. The van der Waals surface area contributed by atoms with Crippen LogP contribution in [-0.2, 0) is 11.2 Å². The number of fused-ring (bicyclic) bond motifs is 2. The van der Waals surface area contributed by atoms with E-state index in [0.717, 1.165) is 30.5 Å². The van der Waals surface area contributed by atoms with E-state index in [1.807, 2.05) is 26.5 Å². The fourth-order valence-electron chi connectivity index (χ4n) is 6.01. The van der Waals surface area contributed by atoms with Gasteiger partial charge in [0.1, 0.15) is 11.5 Å². The van der Waals surface area contributed by atoms with Gasteiger partial charge in [0.05, 0.1) is 28.8 Å². The second-order valence-corrected chi connectivity index (χ2v) is 11.9. The molecule has 1 aliphatic carbocycles. The highest BCUT2D eigenvalue weighted by Crippen LogP contribution is 2.43. The average molecular weight is 595 g/mol. The van der Waals surface area contributed by atoms with Gasteiger partial charge in [0.15, 0.2) is 0 Å². The van der Waals surface area contributed by atoms with E-state index in [1.165, 1.54) is 10.4 Å². The van der Waals surface area contributed by atoms with Crippen LogP contribution in [0, 0.1) is 11.9 Å². The fraction of sp³-hybridized carbons (Fsp3) is 0.400. The van der Waals surface area contributed by atoms with Crippen molar-refractivity contribution in [2.45, 2.75) is 52.0 Å². The topological polar surface area (TPSA) is 96.8 Å². The molecule has 8 nitrogen and oxygen atoms in total. The Morgan fingerprint density at radius 1 is 1.07 bits per heavy atom. The Morgan fingerprint density at radius 2 is 1.88 bits per heavy atom. The van der Waals surface area contributed by atoms with Crippen LogP contribution in [0.2, 0.25) is 0 Å². The van der Waals surface area contributed by atoms with E-state index in [1.54, 1.807) is 29.7 Å². The highest BCUT2D eigenvalue weighted by Gasteiger charge is 2.33. The van der Waals surface area contributed by atoms with Gasteiger partial charge in [-0.3, -0.25) is 9.59 Å². The van der Waals surface area contributed by atoms with Crippen LogP contribution in [0.15, 0.2) is 42.0 Å². The highest BCUT2D eigenvalue weighted by molar-refractivity contribution is 7.59. The molecule has 2 amide bonds. The minimum atomic E-state index is -0.614. The summed E-state index contributed by atoms with van der Waals surface area (Å²) in [5.74, 6) is -0.344. The second-order valence-electron chi connectivity index (χ2n) is 10.9. The number of primary amides is 1. The first kappa shape index (κ1) is 29.1. The molecule has 0 unspecified atom stereocenters. The lowest BCUT2D eigenvalue weighted by molar-refractivity contribution is -0.121. The Balaban J connectivity index is 0.00000169. The van der Waals surface area contributed by atoms with Crippen molar-refractivity contribution < 1.29 is 14.0 Å². The number of hydrogen-bond donors (Lipinski definition) is 1. The van der Waals surface area contributed by atoms with Crippen molar-refractivity contribution in [2.24, 2.45) is 11.7 Å². The number of halogens is 1. The maximum atomic E-state index is 15.3. The molecule has 4 aromatic rings. The molecule has 1 saturated heterocycles. The first-order valence-electron chi connectivity index (χ1n) is 13.5. The van der Waals surface area contributed by atoms with Crippen molar-refractivity contribution >= 4 is 48.1 Å². The monoisotopic (exact) mass is 594 g/mol. The van der Waals surface area contributed by atoms with Gasteiger partial charge in [0, 0.05) is 36.9 Å². The van der Waals surface area contributed by atoms with E-state index in [0.29, 0.717) is 54.6 Å². The number of thiophene rings is 1. The van der Waals surface area contributed by atoms with Crippen molar-refractivity contribution in [2.75, 3.05) is 24.5 Å². The molecule has 2 atom stereocenters. The number of amides is 2.